The van der Waals surface area contributed by atoms with Gasteiger partial charge in [-0.3, -0.25) is 4.72 Å². The maximum atomic E-state index is 11.7. The Balaban J connectivity index is 2.12. The molecule has 0 amide bonds. The van der Waals surface area contributed by atoms with E-state index in [2.05, 4.69) is 9.62 Å². The van der Waals surface area contributed by atoms with Crippen LogP contribution in [0.25, 0.3) is 0 Å². The Labute approximate surface area is 109 Å². The third-order valence-corrected chi connectivity index (χ3v) is 4.56. The molecule has 0 radical (unpaired) electrons. The lowest BCUT2D eigenvalue weighted by Gasteiger charge is -2.18. The third-order valence-electron chi connectivity index (χ3n) is 3.06. The van der Waals surface area contributed by atoms with Crippen molar-refractivity contribution < 1.29 is 8.42 Å². The van der Waals surface area contributed by atoms with Crippen molar-refractivity contribution in [2.75, 3.05) is 28.5 Å². The van der Waals surface area contributed by atoms with Crippen molar-refractivity contribution in [2.45, 2.75) is 26.2 Å². The maximum absolute atomic E-state index is 11.7. The van der Waals surface area contributed by atoms with Gasteiger partial charge in [-0.15, -0.1) is 0 Å². The van der Waals surface area contributed by atoms with Gasteiger partial charge in [0, 0.05) is 18.8 Å². The Bertz CT molecular complexity index is 493. The molecule has 2 rings (SSSR count). The molecule has 1 aliphatic heterocycles. The largest absolute Gasteiger partial charge is 0.371 e. The molecule has 0 saturated carbocycles. The molecule has 4 nitrogen and oxygen atoms in total. The SMILES string of the molecule is CCCS(=O)(=O)Nc1cccc(N2CCCC2)c1. The van der Waals surface area contributed by atoms with Crippen molar-refractivity contribution in [2.24, 2.45) is 0 Å². The van der Waals surface area contributed by atoms with Gasteiger partial charge in [0.25, 0.3) is 0 Å². The van der Waals surface area contributed by atoms with E-state index in [-0.39, 0.29) is 5.75 Å². The molecule has 1 aliphatic rings. The maximum Gasteiger partial charge on any atom is 0.232 e. The standard InChI is InChI=1S/C13H20N2O2S/c1-2-10-18(16,17)14-12-6-5-7-13(11-12)15-8-3-4-9-15/h5-7,11,14H,2-4,8-10H2,1H3. The van der Waals surface area contributed by atoms with Crippen LogP contribution in [0.4, 0.5) is 11.4 Å². The van der Waals surface area contributed by atoms with E-state index < -0.39 is 10.0 Å². The summed E-state index contributed by atoms with van der Waals surface area (Å²) in [5, 5.41) is 0. The summed E-state index contributed by atoms with van der Waals surface area (Å²) in [5.74, 6) is 0.168. The highest BCUT2D eigenvalue weighted by molar-refractivity contribution is 7.92. The first-order chi connectivity index (χ1) is 8.61. The van der Waals surface area contributed by atoms with Gasteiger partial charge in [-0.05, 0) is 37.5 Å². The highest BCUT2D eigenvalue weighted by atomic mass is 32.2. The van der Waals surface area contributed by atoms with Crippen molar-refractivity contribution >= 4 is 21.4 Å². The minimum absolute atomic E-state index is 0.168. The van der Waals surface area contributed by atoms with Crippen molar-refractivity contribution in [3.63, 3.8) is 0 Å². The second-order valence-corrected chi connectivity index (χ2v) is 6.51. The second-order valence-electron chi connectivity index (χ2n) is 4.67. The average Bonchev–Trinajstić information content (AvgIpc) is 2.81. The molecule has 1 saturated heterocycles. The summed E-state index contributed by atoms with van der Waals surface area (Å²) in [4.78, 5) is 2.29. The van der Waals surface area contributed by atoms with Gasteiger partial charge in [-0.1, -0.05) is 13.0 Å². The number of nitrogens with zero attached hydrogens (tertiary/aromatic N) is 1. The lowest BCUT2D eigenvalue weighted by atomic mass is 10.2. The monoisotopic (exact) mass is 268 g/mol. The van der Waals surface area contributed by atoms with E-state index >= 15 is 0 Å². The highest BCUT2D eigenvalue weighted by Gasteiger charge is 2.14. The molecule has 0 bridgehead atoms. The number of nitrogens with one attached hydrogen (secondary N) is 1. The van der Waals surface area contributed by atoms with Crippen LogP contribution in [0, 0.1) is 0 Å². The number of anilines is 2. The zero-order valence-electron chi connectivity index (χ0n) is 10.7. The van der Waals surface area contributed by atoms with Crippen LogP contribution in [0.15, 0.2) is 24.3 Å². The molecule has 5 heteroatoms. The number of rotatable bonds is 5. The molecule has 0 unspecified atom stereocenters. The second kappa shape index (κ2) is 5.61. The summed E-state index contributed by atoms with van der Waals surface area (Å²) in [6, 6.07) is 7.64. The third kappa shape index (κ3) is 3.38. The summed E-state index contributed by atoms with van der Waals surface area (Å²) < 4.78 is 26.0. The number of hydrogen-bond acceptors (Lipinski definition) is 3. The van der Waals surface area contributed by atoms with Gasteiger partial charge in [-0.2, -0.15) is 0 Å². The van der Waals surface area contributed by atoms with E-state index in [1.807, 2.05) is 25.1 Å². The predicted molar refractivity (Wildman–Crippen MR) is 75.6 cm³/mol. The Morgan fingerprint density at radius 3 is 2.67 bits per heavy atom. The quantitative estimate of drug-likeness (QED) is 0.892. The van der Waals surface area contributed by atoms with Gasteiger partial charge >= 0.3 is 0 Å². The minimum Gasteiger partial charge on any atom is -0.371 e. The van der Waals surface area contributed by atoms with Crippen molar-refractivity contribution in [3.8, 4) is 0 Å². The van der Waals surface area contributed by atoms with Crippen LogP contribution in [0.1, 0.15) is 26.2 Å². The van der Waals surface area contributed by atoms with Crippen LogP contribution in [-0.4, -0.2) is 27.3 Å². The molecule has 1 fully saturated rings. The molecule has 18 heavy (non-hydrogen) atoms. The van der Waals surface area contributed by atoms with Crippen LogP contribution in [0.5, 0.6) is 0 Å². The lowest BCUT2D eigenvalue weighted by molar-refractivity contribution is 0.600. The number of hydrogen-bond donors (Lipinski definition) is 1. The highest BCUT2D eigenvalue weighted by Crippen LogP contribution is 2.23. The van der Waals surface area contributed by atoms with Gasteiger partial charge in [0.15, 0.2) is 0 Å². The van der Waals surface area contributed by atoms with Crippen LogP contribution in [0.3, 0.4) is 0 Å². The topological polar surface area (TPSA) is 49.4 Å². The van der Waals surface area contributed by atoms with E-state index in [0.717, 1.165) is 18.8 Å². The summed E-state index contributed by atoms with van der Waals surface area (Å²) in [6.45, 7) is 3.98. The normalized spacial score (nSPS) is 15.9. The Morgan fingerprint density at radius 1 is 1.28 bits per heavy atom. The fourth-order valence-electron chi connectivity index (χ4n) is 2.24. The molecule has 0 aromatic heterocycles. The predicted octanol–water partition coefficient (Wildman–Crippen LogP) is 2.44. The summed E-state index contributed by atoms with van der Waals surface area (Å²) in [5.41, 5.74) is 1.76. The molecule has 1 aromatic carbocycles. The Morgan fingerprint density at radius 2 is 2.00 bits per heavy atom. The Kier molecular flexibility index (Phi) is 4.11. The van der Waals surface area contributed by atoms with Gasteiger partial charge in [0.2, 0.25) is 10.0 Å². The van der Waals surface area contributed by atoms with Gasteiger partial charge < -0.3 is 4.90 Å². The van der Waals surface area contributed by atoms with E-state index in [1.54, 1.807) is 6.07 Å². The van der Waals surface area contributed by atoms with Crippen LogP contribution >= 0.6 is 0 Å². The smallest absolute Gasteiger partial charge is 0.232 e. The lowest BCUT2D eigenvalue weighted by Crippen LogP contribution is -2.19. The van der Waals surface area contributed by atoms with Crippen LogP contribution < -0.4 is 9.62 Å². The van der Waals surface area contributed by atoms with Crippen molar-refractivity contribution in [1.29, 1.82) is 0 Å². The molecule has 1 heterocycles. The molecular formula is C13H20N2O2S. The summed E-state index contributed by atoms with van der Waals surface area (Å²) >= 11 is 0. The molecular weight excluding hydrogens is 248 g/mol. The van der Waals surface area contributed by atoms with Gasteiger partial charge in [-0.25, -0.2) is 8.42 Å². The fraction of sp³-hybridized carbons (Fsp3) is 0.538. The zero-order valence-corrected chi connectivity index (χ0v) is 11.5. The zero-order chi connectivity index (χ0) is 13.0. The fourth-order valence-corrected chi connectivity index (χ4v) is 3.37. The molecule has 100 valence electrons. The van der Waals surface area contributed by atoms with Gasteiger partial charge in [0.1, 0.15) is 0 Å². The number of benzene rings is 1. The average molecular weight is 268 g/mol. The summed E-state index contributed by atoms with van der Waals surface area (Å²) in [6.07, 6.45) is 3.05. The van der Waals surface area contributed by atoms with Crippen molar-refractivity contribution in [1.82, 2.24) is 0 Å². The van der Waals surface area contributed by atoms with Gasteiger partial charge in [0.05, 0.1) is 11.4 Å². The molecule has 1 N–H and O–H groups in total. The molecule has 0 aliphatic carbocycles. The Hall–Kier alpha value is -1.23. The molecule has 1 aromatic rings. The first-order valence-electron chi connectivity index (χ1n) is 6.46. The van der Waals surface area contributed by atoms with E-state index in [0.29, 0.717) is 12.1 Å². The summed E-state index contributed by atoms with van der Waals surface area (Å²) in [7, 11) is -3.19. The van der Waals surface area contributed by atoms with Crippen LogP contribution in [-0.2, 0) is 10.0 Å². The first kappa shape index (κ1) is 13.2. The number of sulfonamides is 1. The van der Waals surface area contributed by atoms with Crippen molar-refractivity contribution in [3.05, 3.63) is 24.3 Å². The van der Waals surface area contributed by atoms with E-state index in [4.69, 9.17) is 0 Å². The van der Waals surface area contributed by atoms with E-state index in [9.17, 15) is 8.42 Å². The molecule has 0 spiro atoms. The van der Waals surface area contributed by atoms with E-state index in [1.165, 1.54) is 12.8 Å². The minimum atomic E-state index is -3.19. The molecule has 0 atom stereocenters. The first-order valence-corrected chi connectivity index (χ1v) is 8.11. The van der Waals surface area contributed by atoms with Crippen LogP contribution in [0.2, 0.25) is 0 Å².